The lowest BCUT2D eigenvalue weighted by Crippen LogP contribution is -2.50. The van der Waals surface area contributed by atoms with Crippen LogP contribution in [-0.2, 0) is 11.0 Å². The lowest BCUT2D eigenvalue weighted by molar-refractivity contribution is -0.138. The van der Waals surface area contributed by atoms with Gasteiger partial charge in [-0.2, -0.15) is 18.3 Å². The third-order valence-electron chi connectivity index (χ3n) is 8.61. The Labute approximate surface area is 228 Å². The summed E-state index contributed by atoms with van der Waals surface area (Å²) < 4.78 is 71.5. The van der Waals surface area contributed by atoms with E-state index >= 15 is 0 Å². The molecule has 3 aliphatic rings. The predicted molar refractivity (Wildman–Crippen MR) is 136 cm³/mol. The van der Waals surface area contributed by atoms with Gasteiger partial charge in [-0.3, -0.25) is 14.3 Å². The molecular formula is C28H33F5N4O3. The molecule has 40 heavy (non-hydrogen) atoms. The first-order chi connectivity index (χ1) is 18.9. The highest BCUT2D eigenvalue weighted by molar-refractivity contribution is 5.94. The summed E-state index contributed by atoms with van der Waals surface area (Å²) in [4.78, 5) is 26.7. The van der Waals surface area contributed by atoms with E-state index in [0.717, 1.165) is 31.7 Å². The Kier molecular flexibility index (Phi) is 7.91. The Morgan fingerprint density at radius 1 is 1.07 bits per heavy atom. The lowest BCUT2D eigenvalue weighted by atomic mass is 9.93. The maximum absolute atomic E-state index is 14.3. The molecular weight excluding hydrogens is 535 g/mol. The van der Waals surface area contributed by atoms with E-state index < -0.39 is 47.4 Å². The second kappa shape index (κ2) is 11.1. The van der Waals surface area contributed by atoms with Crippen molar-refractivity contribution in [2.75, 3.05) is 19.6 Å². The highest BCUT2D eigenvalue weighted by Gasteiger charge is 2.55. The van der Waals surface area contributed by atoms with Gasteiger partial charge in [0.15, 0.2) is 5.69 Å². The van der Waals surface area contributed by atoms with Crippen LogP contribution in [0.15, 0.2) is 30.3 Å². The highest BCUT2D eigenvalue weighted by atomic mass is 19.4. The van der Waals surface area contributed by atoms with Gasteiger partial charge in [-0.05, 0) is 44.2 Å². The van der Waals surface area contributed by atoms with Crippen LogP contribution in [0.1, 0.15) is 73.5 Å². The fraction of sp³-hybridized carbons (Fsp3) is 0.607. The van der Waals surface area contributed by atoms with Crippen molar-refractivity contribution in [3.63, 3.8) is 0 Å². The molecule has 2 N–H and O–H groups in total. The average Bonchev–Trinajstić information content (AvgIpc) is 3.58. The number of alkyl halides is 5. The number of piperidine rings is 1. The molecule has 2 aliphatic carbocycles. The van der Waals surface area contributed by atoms with Crippen LogP contribution in [0.3, 0.4) is 0 Å². The third kappa shape index (κ3) is 5.87. The van der Waals surface area contributed by atoms with Gasteiger partial charge in [-0.25, -0.2) is 8.78 Å². The molecule has 5 rings (SSSR count). The van der Waals surface area contributed by atoms with Gasteiger partial charge in [0, 0.05) is 43.1 Å². The molecule has 2 bridgehead atoms. The number of hydrogen-bond acceptors (Lipinski definition) is 4. The second-order valence-corrected chi connectivity index (χ2v) is 11.3. The van der Waals surface area contributed by atoms with Crippen LogP contribution in [0.5, 0.6) is 0 Å². The molecule has 1 aliphatic heterocycles. The Morgan fingerprint density at radius 3 is 2.35 bits per heavy atom. The van der Waals surface area contributed by atoms with Crippen molar-refractivity contribution >= 4 is 11.9 Å². The van der Waals surface area contributed by atoms with E-state index in [1.807, 2.05) is 4.90 Å². The Bertz CT molecular complexity index is 1220. The summed E-state index contributed by atoms with van der Waals surface area (Å²) in [6, 6.07) is 5.54. The number of halogens is 5. The molecule has 1 aromatic heterocycles. The minimum atomic E-state index is -4.60. The quantitative estimate of drug-likeness (QED) is 0.384. The van der Waals surface area contributed by atoms with Crippen LogP contribution in [0.25, 0.3) is 11.3 Å². The largest absolute Gasteiger partial charge is 0.481 e. The molecule has 3 atom stereocenters. The van der Waals surface area contributed by atoms with Crippen molar-refractivity contribution in [1.29, 1.82) is 0 Å². The van der Waals surface area contributed by atoms with Crippen molar-refractivity contribution < 1.29 is 36.6 Å². The summed E-state index contributed by atoms with van der Waals surface area (Å²) in [6.07, 6.45) is -0.570. The summed E-state index contributed by atoms with van der Waals surface area (Å²) in [6.45, 7) is 0.804. The fourth-order valence-electron chi connectivity index (χ4n) is 6.55. The predicted octanol–water partition coefficient (Wildman–Crippen LogP) is 5.62. The summed E-state index contributed by atoms with van der Waals surface area (Å²) in [5.41, 5.74) is -0.813. The van der Waals surface area contributed by atoms with Crippen LogP contribution in [0, 0.1) is 11.8 Å². The van der Waals surface area contributed by atoms with E-state index in [4.69, 9.17) is 0 Å². The number of nitrogens with one attached hydrogen (secondary N) is 1. The van der Waals surface area contributed by atoms with Gasteiger partial charge in [0.1, 0.15) is 0 Å². The van der Waals surface area contributed by atoms with Crippen molar-refractivity contribution in [1.82, 2.24) is 20.0 Å². The summed E-state index contributed by atoms with van der Waals surface area (Å²) >= 11 is 0. The number of nitrogens with zero attached hydrogens (tertiary/aromatic N) is 3. The Balaban J connectivity index is 1.35. The summed E-state index contributed by atoms with van der Waals surface area (Å²) in [7, 11) is 0. The van der Waals surface area contributed by atoms with Crippen molar-refractivity contribution in [3.05, 3.63) is 41.6 Å². The molecule has 2 heterocycles. The second-order valence-electron chi connectivity index (χ2n) is 11.3. The molecule has 1 saturated heterocycles. The molecule has 12 heteroatoms. The van der Waals surface area contributed by atoms with E-state index in [-0.39, 0.29) is 48.9 Å². The SMILES string of the molecule is O=C(O)C[C@H](CCN1CC2CCC(C1)C2(F)F)NC(=O)c1cc(-c2ccccc2C(F)(F)F)n(C2CCCC2)n1. The number of benzene rings is 1. The zero-order chi connectivity index (χ0) is 28.7. The van der Waals surface area contributed by atoms with Gasteiger partial charge in [0.2, 0.25) is 0 Å². The highest BCUT2D eigenvalue weighted by Crippen LogP contribution is 2.48. The van der Waals surface area contributed by atoms with Gasteiger partial charge in [0.05, 0.1) is 23.7 Å². The maximum atomic E-state index is 14.3. The maximum Gasteiger partial charge on any atom is 0.417 e. The van der Waals surface area contributed by atoms with E-state index in [2.05, 4.69) is 10.4 Å². The number of amides is 1. The number of hydrogen-bond donors (Lipinski definition) is 2. The normalized spacial score (nSPS) is 23.8. The van der Waals surface area contributed by atoms with Crippen LogP contribution < -0.4 is 5.32 Å². The average molecular weight is 569 g/mol. The number of carbonyl (C=O) groups is 2. The zero-order valence-corrected chi connectivity index (χ0v) is 22.0. The van der Waals surface area contributed by atoms with Crippen LogP contribution in [0.4, 0.5) is 22.0 Å². The van der Waals surface area contributed by atoms with Crippen molar-refractivity contribution in [2.24, 2.45) is 11.8 Å². The molecule has 3 fully saturated rings. The molecule has 7 nitrogen and oxygen atoms in total. The van der Waals surface area contributed by atoms with E-state index in [1.54, 1.807) is 0 Å². The molecule has 1 aromatic carbocycles. The minimum Gasteiger partial charge on any atom is -0.481 e. The smallest absolute Gasteiger partial charge is 0.417 e. The third-order valence-corrected chi connectivity index (χ3v) is 8.61. The van der Waals surface area contributed by atoms with Gasteiger partial charge in [-0.1, -0.05) is 31.0 Å². The van der Waals surface area contributed by atoms with Crippen LogP contribution in [-0.4, -0.2) is 63.3 Å². The number of rotatable bonds is 9. The lowest BCUT2D eigenvalue weighted by Gasteiger charge is -2.38. The number of fused-ring (bicyclic) bond motifs is 2. The first-order valence-electron chi connectivity index (χ1n) is 13.8. The van der Waals surface area contributed by atoms with Crippen LogP contribution in [0.2, 0.25) is 0 Å². The fourth-order valence-corrected chi connectivity index (χ4v) is 6.55. The van der Waals surface area contributed by atoms with Crippen molar-refractivity contribution in [2.45, 2.75) is 75.5 Å². The monoisotopic (exact) mass is 568 g/mol. The number of aliphatic carboxylic acids is 1. The van der Waals surface area contributed by atoms with Gasteiger partial charge >= 0.3 is 12.1 Å². The first kappa shape index (κ1) is 28.5. The molecule has 2 saturated carbocycles. The topological polar surface area (TPSA) is 87.5 Å². The van der Waals surface area contributed by atoms with E-state index in [1.165, 1.54) is 28.9 Å². The van der Waals surface area contributed by atoms with E-state index in [9.17, 15) is 36.6 Å². The van der Waals surface area contributed by atoms with Gasteiger partial charge in [0.25, 0.3) is 11.8 Å². The molecule has 218 valence electrons. The van der Waals surface area contributed by atoms with E-state index in [0.29, 0.717) is 19.4 Å². The Morgan fingerprint density at radius 2 is 1.73 bits per heavy atom. The van der Waals surface area contributed by atoms with Gasteiger partial charge < -0.3 is 15.3 Å². The zero-order valence-electron chi connectivity index (χ0n) is 22.0. The van der Waals surface area contributed by atoms with Gasteiger partial charge in [-0.15, -0.1) is 0 Å². The molecule has 2 aromatic rings. The number of carboxylic acids is 1. The summed E-state index contributed by atoms with van der Waals surface area (Å²) in [5, 5.41) is 16.5. The first-order valence-corrected chi connectivity index (χ1v) is 13.8. The number of carboxylic acid groups (broad SMARTS) is 1. The Hall–Kier alpha value is -3.02. The summed E-state index contributed by atoms with van der Waals surface area (Å²) in [5.74, 6) is -5.91. The van der Waals surface area contributed by atoms with Crippen LogP contribution >= 0.6 is 0 Å². The molecule has 2 unspecified atom stereocenters. The number of likely N-dealkylation sites (tertiary alicyclic amines) is 1. The molecule has 0 radical (unpaired) electrons. The number of carbonyl (C=O) groups excluding carboxylic acids is 1. The number of aromatic nitrogens is 2. The standard InChI is InChI=1S/C28H33F5N4O3/c29-27(30)17-9-10-18(27)16-36(15-17)12-11-19(13-25(38)39)34-26(40)23-14-24(37(35-23)20-5-1-2-6-20)21-7-3-4-8-22(21)28(31,32)33/h3-4,7-8,14,17-20H,1-2,5-6,9-13,15-16H2,(H,34,40)(H,38,39)/t17?,18?,19-/m0/s1. The molecule has 1 amide bonds. The van der Waals surface area contributed by atoms with Crippen molar-refractivity contribution in [3.8, 4) is 11.3 Å². The molecule has 0 spiro atoms. The minimum absolute atomic E-state index is 0.0768.